The topological polar surface area (TPSA) is 0 Å². The summed E-state index contributed by atoms with van der Waals surface area (Å²) in [6.45, 7) is 5.00. The van der Waals surface area contributed by atoms with Crippen LogP contribution in [0, 0.1) is 14.4 Å². The van der Waals surface area contributed by atoms with Crippen molar-refractivity contribution in [1.29, 1.82) is 0 Å². The minimum Gasteiger partial charge on any atom is -0.358 e. The van der Waals surface area contributed by atoms with Crippen LogP contribution in [0.2, 0.25) is 0 Å². The van der Waals surface area contributed by atoms with Crippen LogP contribution in [0.15, 0.2) is 0 Å². The minimum atomic E-state index is 0. The summed E-state index contributed by atoms with van der Waals surface area (Å²) < 4.78 is 0. The normalized spacial score (nSPS) is 1.00. The monoisotopic (exact) mass is 333 g/mol. The summed E-state index contributed by atoms with van der Waals surface area (Å²) in [4.78, 5) is 0. The van der Waals surface area contributed by atoms with Crippen molar-refractivity contribution < 1.29 is 53.8 Å². The molecule has 6 heavy (non-hydrogen) atoms. The summed E-state index contributed by atoms with van der Waals surface area (Å²) in [7, 11) is 0. The second-order valence-electron chi connectivity index (χ2n) is 0. The van der Waals surface area contributed by atoms with E-state index in [0.717, 1.165) is 0 Å². The number of rotatable bonds is 0. The van der Waals surface area contributed by atoms with Crippen molar-refractivity contribution >= 4 is 0 Å². The second-order valence-corrected chi connectivity index (χ2v) is 0. The first kappa shape index (κ1) is 46.1. The van der Waals surface area contributed by atoms with Gasteiger partial charge in [-0.15, -0.1) is 0 Å². The first-order valence-corrected chi connectivity index (χ1v) is 0.707. The molecule has 0 aromatic carbocycles. The van der Waals surface area contributed by atoms with E-state index in [-0.39, 0.29) is 68.6 Å². The summed E-state index contributed by atoms with van der Waals surface area (Å²) >= 11 is 0. The summed E-state index contributed by atoms with van der Waals surface area (Å²) in [5, 5.41) is 0. The van der Waals surface area contributed by atoms with Crippen LogP contribution in [0.5, 0.6) is 0 Å². The molecule has 0 saturated carbocycles. The van der Waals surface area contributed by atoms with Crippen molar-refractivity contribution in [2.45, 2.75) is 14.4 Å². The molecule has 0 aromatic rings. The molecule has 0 aliphatic heterocycles. The molecule has 0 rings (SSSR count). The van der Waals surface area contributed by atoms with Gasteiger partial charge in [0.1, 0.15) is 0 Å². The van der Waals surface area contributed by atoms with Gasteiger partial charge in [0.05, 0.1) is 0 Å². The largest absolute Gasteiger partial charge is 2.00 e. The Morgan fingerprint density at radius 3 is 1.17 bits per heavy atom. The van der Waals surface area contributed by atoms with Gasteiger partial charge < -0.3 is 14.4 Å². The van der Waals surface area contributed by atoms with E-state index >= 15 is 0 Å². The Morgan fingerprint density at radius 2 is 1.17 bits per heavy atom. The molecule has 0 unspecified atom stereocenters. The van der Waals surface area contributed by atoms with E-state index < -0.39 is 0 Å². The fraction of sp³-hybridized carbons (Fsp3) is 0.500. The van der Waals surface area contributed by atoms with Gasteiger partial charge in [0.25, 0.3) is 0 Å². The molecule has 0 aliphatic rings. The van der Waals surface area contributed by atoms with Crippen LogP contribution in [0.3, 0.4) is 0 Å². The zero-order chi connectivity index (χ0) is 2.00. The van der Waals surface area contributed by atoms with Crippen molar-refractivity contribution in [2.75, 3.05) is 0 Å². The zero-order valence-electron chi connectivity index (χ0n) is 3.69. The average molecular weight is 333 g/mol. The van der Waals surface area contributed by atoms with Gasteiger partial charge in [-0.3, -0.25) is 0 Å². The predicted molar refractivity (Wildman–Crippen MR) is 24.2 cm³/mol. The Bertz CT molecular complexity index is 7.51. The maximum absolute atomic E-state index is 3.25. The van der Waals surface area contributed by atoms with E-state index in [1.807, 2.05) is 0 Å². The van der Waals surface area contributed by atoms with Gasteiger partial charge in [-0.05, 0) is 0 Å². The third-order valence-electron chi connectivity index (χ3n) is 0. The van der Waals surface area contributed by atoms with Gasteiger partial charge in [0.15, 0.2) is 0 Å². The van der Waals surface area contributed by atoms with Crippen LogP contribution >= 0.6 is 0 Å². The molecule has 0 amide bonds. The predicted octanol–water partition coefficient (Wildman–Crippen LogP) is 1.92. The van der Waals surface area contributed by atoms with E-state index in [1.54, 1.807) is 6.92 Å². The third-order valence-corrected chi connectivity index (χ3v) is 0. The molecule has 0 heterocycles. The van der Waals surface area contributed by atoms with Crippen LogP contribution < -0.4 is 0 Å². The van der Waals surface area contributed by atoms with Crippen LogP contribution in [0.4, 0.5) is 0 Å². The Morgan fingerprint density at radius 1 is 1.17 bits per heavy atom. The fourth-order valence-electron chi connectivity index (χ4n) is 0. The SMILES string of the molecule is C.[CH2-]C.[CH3-].[W+2].[Y]. The number of hydrogen-bond donors (Lipinski definition) is 0. The maximum atomic E-state index is 3.25. The fourth-order valence-corrected chi connectivity index (χ4v) is 0. The van der Waals surface area contributed by atoms with E-state index in [9.17, 15) is 0 Å². The molecule has 0 bridgehead atoms. The molecule has 0 fully saturated rings. The van der Waals surface area contributed by atoms with Gasteiger partial charge in [0, 0.05) is 32.7 Å². The summed E-state index contributed by atoms with van der Waals surface area (Å²) in [5.41, 5.74) is 0. The van der Waals surface area contributed by atoms with Crippen molar-refractivity contribution in [1.82, 2.24) is 0 Å². The molecule has 1 radical (unpaired) electrons. The smallest absolute Gasteiger partial charge is 0.358 e. The van der Waals surface area contributed by atoms with Crippen molar-refractivity contribution in [3.63, 3.8) is 0 Å². The van der Waals surface area contributed by atoms with E-state index in [0.29, 0.717) is 0 Å². The second kappa shape index (κ2) is 70.9. The first-order valence-electron chi connectivity index (χ1n) is 0.707. The molecule has 0 atom stereocenters. The van der Waals surface area contributed by atoms with Crippen LogP contribution in [0.25, 0.3) is 0 Å². The zero-order valence-corrected chi connectivity index (χ0v) is 9.46. The van der Waals surface area contributed by atoms with Gasteiger partial charge in [0.2, 0.25) is 0 Å². The summed E-state index contributed by atoms with van der Waals surface area (Å²) in [6.07, 6.45) is 0. The van der Waals surface area contributed by atoms with Gasteiger partial charge in [-0.25, -0.2) is 0 Å². The minimum absolute atomic E-state index is 0. The third kappa shape index (κ3) is 41.4. The molecular formula is C4H12WY. The average Bonchev–Trinajstić information content (AvgIpc) is 1.00. The molecule has 0 N–H and O–H groups in total. The first-order chi connectivity index (χ1) is 1.00. The molecule has 0 spiro atoms. The van der Waals surface area contributed by atoms with Crippen LogP contribution in [0.1, 0.15) is 14.4 Å². The van der Waals surface area contributed by atoms with E-state index in [4.69, 9.17) is 0 Å². The van der Waals surface area contributed by atoms with Crippen molar-refractivity contribution in [3.8, 4) is 0 Å². The Labute approximate surface area is 81.6 Å². The quantitative estimate of drug-likeness (QED) is 0.595. The van der Waals surface area contributed by atoms with Crippen molar-refractivity contribution in [2.24, 2.45) is 0 Å². The summed E-state index contributed by atoms with van der Waals surface area (Å²) in [5.74, 6) is 0. The van der Waals surface area contributed by atoms with Crippen molar-refractivity contribution in [3.05, 3.63) is 14.4 Å². The Balaban J connectivity index is -0.000000000833. The standard InChI is InChI=1S/C2H5.CH4.CH3.W.Y/c1-2;;;;/h1H2,2H3;1H4;1H3;;/q-1;;-1;+2;. The van der Waals surface area contributed by atoms with Crippen LogP contribution in [-0.2, 0) is 53.8 Å². The van der Waals surface area contributed by atoms with Gasteiger partial charge >= 0.3 is 21.1 Å². The van der Waals surface area contributed by atoms with E-state index in [1.165, 1.54) is 0 Å². The summed E-state index contributed by atoms with van der Waals surface area (Å²) in [6, 6.07) is 0. The van der Waals surface area contributed by atoms with Gasteiger partial charge in [-0.2, -0.15) is 6.92 Å². The molecule has 0 saturated heterocycles. The molecule has 0 nitrogen and oxygen atoms in total. The van der Waals surface area contributed by atoms with E-state index in [2.05, 4.69) is 6.92 Å². The molecule has 37 valence electrons. The Kier molecular flexibility index (Phi) is 545. The molecular weight excluding hydrogens is 321 g/mol. The van der Waals surface area contributed by atoms with Crippen LogP contribution in [-0.4, -0.2) is 0 Å². The molecule has 0 aromatic heterocycles. The van der Waals surface area contributed by atoms with Gasteiger partial charge in [-0.1, -0.05) is 7.43 Å². The molecule has 0 aliphatic carbocycles. The molecule has 2 heteroatoms. The maximum Gasteiger partial charge on any atom is 2.00 e. The number of hydrogen-bond acceptors (Lipinski definition) is 0. The Hall–Kier alpha value is 1.79.